The fraction of sp³-hybridized carbons (Fsp3) is 0.435. The quantitative estimate of drug-likeness (QED) is 0.871. The summed E-state index contributed by atoms with van der Waals surface area (Å²) < 4.78 is 0. The topological polar surface area (TPSA) is 32.3 Å². The molecular weight excluding hydrogens is 320 g/mol. The number of amides is 1. The van der Waals surface area contributed by atoms with Crippen LogP contribution in [0, 0.1) is 5.92 Å². The van der Waals surface area contributed by atoms with Crippen LogP contribution in [0.4, 0.5) is 5.69 Å². The summed E-state index contributed by atoms with van der Waals surface area (Å²) in [6.45, 7) is 9.40. The van der Waals surface area contributed by atoms with E-state index >= 15 is 0 Å². The molecule has 1 amide bonds. The first-order chi connectivity index (χ1) is 12.3. The van der Waals surface area contributed by atoms with Crippen molar-refractivity contribution in [1.29, 1.82) is 0 Å². The molecule has 0 aliphatic carbocycles. The number of nitrogens with zero attached hydrogens (tertiary/aromatic N) is 1. The normalized spacial score (nSPS) is 27.3. The number of fused-ring (bicyclic) bond motifs is 2. The zero-order valence-corrected chi connectivity index (χ0v) is 16.2. The number of para-hydroxylation sites is 1. The Morgan fingerprint density at radius 2 is 1.77 bits per heavy atom. The minimum Gasteiger partial charge on any atom is -0.363 e. The van der Waals surface area contributed by atoms with E-state index in [1.807, 2.05) is 17.0 Å². The number of nitrogens with one attached hydrogen (secondary N) is 1. The second kappa shape index (κ2) is 5.87. The highest BCUT2D eigenvalue weighted by Crippen LogP contribution is 2.48. The summed E-state index contributed by atoms with van der Waals surface area (Å²) in [6, 6.07) is 17.0. The first-order valence-electron chi connectivity index (χ1n) is 9.59. The minimum absolute atomic E-state index is 0.221. The van der Waals surface area contributed by atoms with Crippen LogP contribution in [-0.4, -0.2) is 16.5 Å². The Bertz CT molecular complexity index is 842. The number of anilines is 1. The smallest absolute Gasteiger partial charge is 0.235 e. The van der Waals surface area contributed by atoms with Crippen molar-refractivity contribution in [2.45, 2.75) is 58.2 Å². The van der Waals surface area contributed by atoms with Crippen molar-refractivity contribution in [1.82, 2.24) is 4.90 Å². The van der Waals surface area contributed by atoms with Crippen LogP contribution in [0.25, 0.3) is 0 Å². The Morgan fingerprint density at radius 3 is 2.46 bits per heavy atom. The highest BCUT2D eigenvalue weighted by molar-refractivity contribution is 5.92. The van der Waals surface area contributed by atoms with Gasteiger partial charge in [-0.3, -0.25) is 4.79 Å². The maximum atomic E-state index is 13.4. The van der Waals surface area contributed by atoms with Crippen molar-refractivity contribution in [2.75, 3.05) is 5.32 Å². The van der Waals surface area contributed by atoms with Crippen molar-refractivity contribution >= 4 is 11.6 Å². The molecule has 2 heterocycles. The second-order valence-corrected chi connectivity index (χ2v) is 8.75. The van der Waals surface area contributed by atoms with Crippen molar-refractivity contribution in [3.8, 4) is 0 Å². The van der Waals surface area contributed by atoms with Crippen LogP contribution < -0.4 is 5.32 Å². The number of hydrogen-bond donors (Lipinski definition) is 1. The van der Waals surface area contributed by atoms with E-state index in [-0.39, 0.29) is 11.6 Å². The predicted octanol–water partition coefficient (Wildman–Crippen LogP) is 4.72. The number of hydrogen-bond acceptors (Lipinski definition) is 2. The van der Waals surface area contributed by atoms with Gasteiger partial charge < -0.3 is 10.2 Å². The number of carbonyl (C=O) groups is 1. The number of benzene rings is 2. The molecule has 2 aliphatic rings. The average Bonchev–Trinajstić information content (AvgIpc) is 2.79. The molecule has 0 aromatic heterocycles. The SMILES string of the molecule is CC(C)Cc1ccc([C@@]2(C)C[C@]3(C)Nc4ccccc4CN3C2=O)cc1. The summed E-state index contributed by atoms with van der Waals surface area (Å²) >= 11 is 0. The van der Waals surface area contributed by atoms with Gasteiger partial charge in [0.05, 0.1) is 5.41 Å². The molecule has 3 nitrogen and oxygen atoms in total. The summed E-state index contributed by atoms with van der Waals surface area (Å²) in [5, 5.41) is 3.63. The maximum absolute atomic E-state index is 13.4. The van der Waals surface area contributed by atoms with Gasteiger partial charge in [-0.2, -0.15) is 0 Å². The fourth-order valence-electron chi connectivity index (χ4n) is 4.69. The molecule has 1 saturated heterocycles. The standard InChI is InChI=1S/C23H28N2O/c1-16(2)13-17-9-11-19(12-10-17)22(3)15-23(4)24-20-8-6-5-7-18(20)14-25(23)21(22)26/h5-12,16,24H,13-15H2,1-4H3/t22-,23-/m1/s1. The third-order valence-electron chi connectivity index (χ3n) is 6.00. The Morgan fingerprint density at radius 1 is 1.08 bits per heavy atom. The molecule has 4 rings (SSSR count). The average molecular weight is 348 g/mol. The molecule has 2 aliphatic heterocycles. The summed E-state index contributed by atoms with van der Waals surface area (Å²) in [5.74, 6) is 0.860. The summed E-state index contributed by atoms with van der Waals surface area (Å²) in [4.78, 5) is 15.5. The largest absolute Gasteiger partial charge is 0.363 e. The van der Waals surface area contributed by atoms with Gasteiger partial charge in [0.15, 0.2) is 0 Å². The molecule has 0 spiro atoms. The van der Waals surface area contributed by atoms with Crippen LogP contribution in [-0.2, 0) is 23.2 Å². The number of rotatable bonds is 3. The molecule has 26 heavy (non-hydrogen) atoms. The molecule has 0 unspecified atom stereocenters. The van der Waals surface area contributed by atoms with E-state index in [1.54, 1.807) is 0 Å². The molecule has 0 radical (unpaired) electrons. The van der Waals surface area contributed by atoms with Crippen molar-refractivity contribution in [3.05, 3.63) is 65.2 Å². The summed E-state index contributed by atoms with van der Waals surface area (Å²) in [7, 11) is 0. The Labute approximate surface area is 156 Å². The van der Waals surface area contributed by atoms with E-state index in [0.717, 1.165) is 24.1 Å². The van der Waals surface area contributed by atoms with Gasteiger partial charge in [0, 0.05) is 18.7 Å². The molecular formula is C23H28N2O. The van der Waals surface area contributed by atoms with Gasteiger partial charge >= 0.3 is 0 Å². The second-order valence-electron chi connectivity index (χ2n) is 8.75. The fourth-order valence-corrected chi connectivity index (χ4v) is 4.69. The molecule has 1 fully saturated rings. The predicted molar refractivity (Wildman–Crippen MR) is 106 cm³/mol. The van der Waals surface area contributed by atoms with E-state index in [2.05, 4.69) is 69.4 Å². The summed E-state index contributed by atoms with van der Waals surface area (Å²) in [5.41, 5.74) is 3.98. The molecule has 0 saturated carbocycles. The molecule has 136 valence electrons. The van der Waals surface area contributed by atoms with Gasteiger partial charge in [0.2, 0.25) is 5.91 Å². The van der Waals surface area contributed by atoms with Crippen molar-refractivity contribution < 1.29 is 4.79 Å². The van der Waals surface area contributed by atoms with Gasteiger partial charge in [-0.25, -0.2) is 0 Å². The molecule has 0 bridgehead atoms. The van der Waals surface area contributed by atoms with Crippen LogP contribution in [0.15, 0.2) is 48.5 Å². The lowest BCUT2D eigenvalue weighted by atomic mass is 9.78. The molecule has 3 heteroatoms. The van der Waals surface area contributed by atoms with Crippen LogP contribution in [0.5, 0.6) is 0 Å². The maximum Gasteiger partial charge on any atom is 0.235 e. The molecule has 2 aromatic rings. The molecule has 1 N–H and O–H groups in total. The van der Waals surface area contributed by atoms with Crippen LogP contribution in [0.3, 0.4) is 0 Å². The van der Waals surface area contributed by atoms with Gasteiger partial charge in [-0.05, 0) is 48.9 Å². The first-order valence-corrected chi connectivity index (χ1v) is 9.59. The van der Waals surface area contributed by atoms with Crippen molar-refractivity contribution in [2.24, 2.45) is 5.92 Å². The molecule has 2 aromatic carbocycles. The van der Waals surface area contributed by atoms with Gasteiger partial charge in [-0.1, -0.05) is 56.3 Å². The van der Waals surface area contributed by atoms with E-state index < -0.39 is 5.41 Å². The third kappa shape index (κ3) is 2.61. The lowest BCUT2D eigenvalue weighted by Gasteiger charge is -2.41. The van der Waals surface area contributed by atoms with Gasteiger partial charge in [0.25, 0.3) is 0 Å². The monoisotopic (exact) mass is 348 g/mol. The number of carbonyl (C=O) groups excluding carboxylic acids is 1. The highest BCUT2D eigenvalue weighted by Gasteiger charge is 2.57. The Kier molecular flexibility index (Phi) is 3.87. The lowest BCUT2D eigenvalue weighted by Crippen LogP contribution is -2.51. The van der Waals surface area contributed by atoms with Crippen LogP contribution >= 0.6 is 0 Å². The van der Waals surface area contributed by atoms with E-state index in [0.29, 0.717) is 12.5 Å². The highest BCUT2D eigenvalue weighted by atomic mass is 16.2. The van der Waals surface area contributed by atoms with Crippen molar-refractivity contribution in [3.63, 3.8) is 0 Å². The first kappa shape index (κ1) is 17.1. The zero-order valence-electron chi connectivity index (χ0n) is 16.2. The third-order valence-corrected chi connectivity index (χ3v) is 6.00. The van der Waals surface area contributed by atoms with E-state index in [9.17, 15) is 4.79 Å². The van der Waals surface area contributed by atoms with Crippen LogP contribution in [0.1, 0.15) is 50.8 Å². The van der Waals surface area contributed by atoms with E-state index in [4.69, 9.17) is 0 Å². The minimum atomic E-state index is -0.486. The zero-order chi connectivity index (χ0) is 18.5. The van der Waals surface area contributed by atoms with Gasteiger partial charge in [-0.15, -0.1) is 0 Å². The van der Waals surface area contributed by atoms with Crippen LogP contribution in [0.2, 0.25) is 0 Å². The van der Waals surface area contributed by atoms with Gasteiger partial charge in [0.1, 0.15) is 5.66 Å². The molecule has 2 atom stereocenters. The Balaban J connectivity index is 1.66. The lowest BCUT2D eigenvalue weighted by molar-refractivity contribution is -0.135. The summed E-state index contributed by atoms with van der Waals surface area (Å²) in [6.07, 6.45) is 1.85. The van der Waals surface area contributed by atoms with E-state index in [1.165, 1.54) is 11.1 Å². The Hall–Kier alpha value is -2.29.